The van der Waals surface area contributed by atoms with E-state index < -0.39 is 6.10 Å². The predicted octanol–water partition coefficient (Wildman–Crippen LogP) is 2.32. The molecule has 2 unspecified atom stereocenters. The van der Waals surface area contributed by atoms with Gasteiger partial charge in [0.05, 0.1) is 24.4 Å². The topological polar surface area (TPSA) is 83.8 Å². The molecule has 2 atom stereocenters. The van der Waals surface area contributed by atoms with Crippen LogP contribution in [0.5, 0.6) is 5.75 Å². The molecule has 7 nitrogen and oxygen atoms in total. The number of nitrogens with zero attached hydrogens (tertiary/aromatic N) is 1. The van der Waals surface area contributed by atoms with Gasteiger partial charge in [-0.05, 0) is 50.2 Å². The van der Waals surface area contributed by atoms with E-state index in [2.05, 4.69) is 15.5 Å². The molecule has 0 aliphatic carbocycles. The number of carbonyl (C=O) groups is 2. The number of para-hydroxylation sites is 2. The Hall–Kier alpha value is -2.80. The second kappa shape index (κ2) is 7.84. The van der Waals surface area contributed by atoms with E-state index in [1.807, 2.05) is 24.3 Å². The minimum atomic E-state index is -0.825. The van der Waals surface area contributed by atoms with Gasteiger partial charge in [0.15, 0.2) is 6.10 Å². The lowest BCUT2D eigenvalue weighted by Crippen LogP contribution is -2.42. The van der Waals surface area contributed by atoms with Crippen molar-refractivity contribution in [2.24, 2.45) is 0 Å². The summed E-state index contributed by atoms with van der Waals surface area (Å²) in [5.74, 6) is 0.912. The minimum absolute atomic E-state index is 0.00766. The smallest absolute Gasteiger partial charge is 0.266 e. The molecular formula is C20H23N3O4. The largest absolute Gasteiger partial charge is 0.478 e. The Morgan fingerprint density at radius 3 is 2.81 bits per heavy atom. The normalized spacial score (nSPS) is 20.4. The molecule has 1 aromatic carbocycles. The van der Waals surface area contributed by atoms with Crippen molar-refractivity contribution in [1.29, 1.82) is 0 Å². The summed E-state index contributed by atoms with van der Waals surface area (Å²) in [6.45, 7) is 2.43. The second-order valence-corrected chi connectivity index (χ2v) is 6.87. The lowest BCUT2D eigenvalue weighted by atomic mass is 10.1. The van der Waals surface area contributed by atoms with Gasteiger partial charge in [-0.2, -0.15) is 0 Å². The summed E-state index contributed by atoms with van der Waals surface area (Å²) < 4.78 is 11.3. The number of fused-ring (bicyclic) bond motifs is 1. The van der Waals surface area contributed by atoms with Crippen molar-refractivity contribution in [3.63, 3.8) is 0 Å². The minimum Gasteiger partial charge on any atom is -0.478 e. The number of hydrogen-bond donors (Lipinski definition) is 2. The van der Waals surface area contributed by atoms with Crippen LogP contribution < -0.4 is 15.4 Å². The summed E-state index contributed by atoms with van der Waals surface area (Å²) in [5, 5.41) is 5.72. The number of anilines is 1. The second-order valence-electron chi connectivity index (χ2n) is 6.87. The molecule has 0 radical (unpaired) electrons. The summed E-state index contributed by atoms with van der Waals surface area (Å²) >= 11 is 0. The molecular weight excluding hydrogens is 346 g/mol. The van der Waals surface area contributed by atoms with Crippen LogP contribution in [0.25, 0.3) is 0 Å². The van der Waals surface area contributed by atoms with E-state index >= 15 is 0 Å². The van der Waals surface area contributed by atoms with Crippen LogP contribution in [0.2, 0.25) is 0 Å². The number of hydrogen-bond acceptors (Lipinski definition) is 5. The highest BCUT2D eigenvalue weighted by molar-refractivity contribution is 5.99. The lowest BCUT2D eigenvalue weighted by Gasteiger charge is -2.27. The monoisotopic (exact) mass is 369 g/mol. The van der Waals surface area contributed by atoms with Crippen LogP contribution in [0, 0.1) is 0 Å². The number of likely N-dealkylation sites (tertiary alicyclic amines) is 1. The van der Waals surface area contributed by atoms with Gasteiger partial charge in [0.1, 0.15) is 11.5 Å². The van der Waals surface area contributed by atoms with Crippen molar-refractivity contribution in [1.82, 2.24) is 10.2 Å². The van der Waals surface area contributed by atoms with E-state index in [9.17, 15) is 9.59 Å². The van der Waals surface area contributed by atoms with Crippen molar-refractivity contribution >= 4 is 17.5 Å². The summed E-state index contributed by atoms with van der Waals surface area (Å²) in [7, 11) is 0. The van der Waals surface area contributed by atoms with Crippen LogP contribution in [0.15, 0.2) is 47.1 Å². The van der Waals surface area contributed by atoms with E-state index in [-0.39, 0.29) is 24.3 Å². The lowest BCUT2D eigenvalue weighted by molar-refractivity contribution is -0.130. The first-order valence-corrected chi connectivity index (χ1v) is 9.31. The Labute approximate surface area is 157 Å². The quantitative estimate of drug-likeness (QED) is 0.816. The van der Waals surface area contributed by atoms with Crippen LogP contribution in [0.4, 0.5) is 5.69 Å². The van der Waals surface area contributed by atoms with Gasteiger partial charge in [-0.3, -0.25) is 14.5 Å². The Balaban J connectivity index is 1.35. The first-order chi connectivity index (χ1) is 13.2. The Morgan fingerprint density at radius 1 is 1.22 bits per heavy atom. The molecule has 2 N–H and O–H groups in total. The molecule has 0 bridgehead atoms. The summed E-state index contributed by atoms with van der Waals surface area (Å²) in [6.07, 6.45) is 3.11. The number of ether oxygens (including phenoxy) is 1. The summed E-state index contributed by atoms with van der Waals surface area (Å²) in [6, 6.07) is 11.0. The van der Waals surface area contributed by atoms with E-state index in [0.29, 0.717) is 18.0 Å². The molecule has 1 aromatic heterocycles. The third kappa shape index (κ3) is 3.98. The van der Waals surface area contributed by atoms with Crippen molar-refractivity contribution in [2.75, 3.05) is 25.0 Å². The van der Waals surface area contributed by atoms with E-state index in [1.54, 1.807) is 18.4 Å². The van der Waals surface area contributed by atoms with Gasteiger partial charge in [0.2, 0.25) is 5.91 Å². The molecule has 4 rings (SSSR count). The van der Waals surface area contributed by atoms with Gasteiger partial charge in [-0.25, -0.2) is 0 Å². The SMILES string of the molecule is O=C(CC1Oc2ccccc2NC1=O)NCC(c1ccco1)N1CCCC1. The maximum absolute atomic E-state index is 12.4. The maximum atomic E-state index is 12.4. The van der Waals surface area contributed by atoms with E-state index in [1.165, 1.54) is 0 Å². The van der Waals surface area contributed by atoms with Crippen molar-refractivity contribution in [3.8, 4) is 5.75 Å². The molecule has 2 aliphatic heterocycles. The maximum Gasteiger partial charge on any atom is 0.266 e. The number of nitrogens with one attached hydrogen (secondary N) is 2. The predicted molar refractivity (Wildman–Crippen MR) is 99.4 cm³/mol. The fraction of sp³-hybridized carbons (Fsp3) is 0.400. The molecule has 0 saturated carbocycles. The first-order valence-electron chi connectivity index (χ1n) is 9.31. The van der Waals surface area contributed by atoms with Gasteiger partial charge in [-0.15, -0.1) is 0 Å². The first kappa shape index (κ1) is 17.6. The third-order valence-corrected chi connectivity index (χ3v) is 5.02. The fourth-order valence-corrected chi connectivity index (χ4v) is 3.62. The number of furan rings is 1. The summed E-state index contributed by atoms with van der Waals surface area (Å²) in [5.41, 5.74) is 0.631. The Morgan fingerprint density at radius 2 is 2.04 bits per heavy atom. The zero-order valence-corrected chi connectivity index (χ0v) is 15.0. The van der Waals surface area contributed by atoms with E-state index in [0.717, 1.165) is 31.7 Å². The molecule has 3 heterocycles. The van der Waals surface area contributed by atoms with Gasteiger partial charge in [0, 0.05) is 6.54 Å². The third-order valence-electron chi connectivity index (χ3n) is 5.02. The number of carbonyl (C=O) groups excluding carboxylic acids is 2. The molecule has 0 spiro atoms. The molecule has 1 saturated heterocycles. The van der Waals surface area contributed by atoms with Crippen LogP contribution in [-0.4, -0.2) is 42.5 Å². The molecule has 27 heavy (non-hydrogen) atoms. The van der Waals surface area contributed by atoms with Gasteiger partial charge in [0.25, 0.3) is 5.91 Å². The van der Waals surface area contributed by atoms with Crippen LogP contribution in [0.1, 0.15) is 31.1 Å². The zero-order chi connectivity index (χ0) is 18.6. The highest BCUT2D eigenvalue weighted by Gasteiger charge is 2.31. The molecule has 2 aromatic rings. The molecule has 1 fully saturated rings. The van der Waals surface area contributed by atoms with Gasteiger partial charge < -0.3 is 19.8 Å². The van der Waals surface area contributed by atoms with Gasteiger partial charge in [-0.1, -0.05) is 12.1 Å². The van der Waals surface area contributed by atoms with Crippen molar-refractivity contribution in [3.05, 3.63) is 48.4 Å². The summed E-state index contributed by atoms with van der Waals surface area (Å²) in [4.78, 5) is 26.9. The van der Waals surface area contributed by atoms with Crippen molar-refractivity contribution < 1.29 is 18.7 Å². The van der Waals surface area contributed by atoms with Gasteiger partial charge >= 0.3 is 0 Å². The number of benzene rings is 1. The van der Waals surface area contributed by atoms with Crippen molar-refractivity contribution in [2.45, 2.75) is 31.4 Å². The number of amides is 2. The Bertz CT molecular complexity index is 799. The number of rotatable bonds is 6. The van der Waals surface area contributed by atoms with Crippen LogP contribution in [-0.2, 0) is 9.59 Å². The van der Waals surface area contributed by atoms with E-state index in [4.69, 9.17) is 9.15 Å². The zero-order valence-electron chi connectivity index (χ0n) is 15.0. The average molecular weight is 369 g/mol. The highest BCUT2D eigenvalue weighted by atomic mass is 16.5. The molecule has 2 amide bonds. The average Bonchev–Trinajstić information content (AvgIpc) is 3.37. The van der Waals surface area contributed by atoms with Crippen LogP contribution in [0.3, 0.4) is 0 Å². The molecule has 142 valence electrons. The van der Waals surface area contributed by atoms with Crippen LogP contribution >= 0.6 is 0 Å². The highest BCUT2D eigenvalue weighted by Crippen LogP contribution is 2.29. The molecule has 2 aliphatic rings. The fourth-order valence-electron chi connectivity index (χ4n) is 3.62. The standard InChI is InChI=1S/C20H23N3O4/c24-19(12-18-20(25)22-14-6-1-2-7-16(14)27-18)21-13-15(17-8-5-11-26-17)23-9-3-4-10-23/h1-2,5-8,11,15,18H,3-4,9-10,12-13H2,(H,21,24)(H,22,25). The Kier molecular flexibility index (Phi) is 5.11. The molecule has 7 heteroatoms.